The maximum atomic E-state index is 11.1. The molecule has 5 heteroatoms. The van der Waals surface area contributed by atoms with Crippen molar-refractivity contribution in [2.75, 3.05) is 18.1 Å². The molecule has 0 spiro atoms. The van der Waals surface area contributed by atoms with E-state index in [0.717, 1.165) is 9.37 Å². The van der Waals surface area contributed by atoms with Crippen LogP contribution in [0.15, 0.2) is 27.6 Å². The molecule has 0 aliphatic heterocycles. The predicted molar refractivity (Wildman–Crippen MR) is 65.9 cm³/mol. The Kier molecular flexibility index (Phi) is 4.98. The molecule has 0 atom stereocenters. The lowest BCUT2D eigenvalue weighted by Crippen LogP contribution is -2.06. The molecule has 82 valence electrons. The number of esters is 1. The summed E-state index contributed by atoms with van der Waals surface area (Å²) in [5, 5.41) is 0. The van der Waals surface area contributed by atoms with Gasteiger partial charge in [-0.25, -0.2) is 0 Å². The Bertz CT molecular complexity index is 357. The summed E-state index contributed by atoms with van der Waals surface area (Å²) in [6, 6.07) is 5.58. The number of anilines is 1. The van der Waals surface area contributed by atoms with Crippen molar-refractivity contribution >= 4 is 39.3 Å². The summed E-state index contributed by atoms with van der Waals surface area (Å²) < 4.78 is 5.75. The maximum Gasteiger partial charge on any atom is 0.316 e. The van der Waals surface area contributed by atoms with E-state index < -0.39 is 0 Å². The van der Waals surface area contributed by atoms with E-state index in [4.69, 9.17) is 10.5 Å². The van der Waals surface area contributed by atoms with Crippen molar-refractivity contribution in [2.45, 2.75) is 11.8 Å². The van der Waals surface area contributed by atoms with E-state index >= 15 is 0 Å². The zero-order valence-corrected chi connectivity index (χ0v) is 10.7. The van der Waals surface area contributed by atoms with Crippen molar-refractivity contribution in [3.8, 4) is 0 Å². The normalized spacial score (nSPS) is 10.0. The van der Waals surface area contributed by atoms with Crippen LogP contribution in [0.3, 0.4) is 0 Å². The molecule has 1 aromatic carbocycles. The van der Waals surface area contributed by atoms with E-state index in [-0.39, 0.29) is 5.97 Å². The minimum absolute atomic E-state index is 0.218. The van der Waals surface area contributed by atoms with Crippen LogP contribution in [0.5, 0.6) is 0 Å². The zero-order chi connectivity index (χ0) is 11.3. The highest BCUT2D eigenvalue weighted by Crippen LogP contribution is 2.27. The number of rotatable bonds is 4. The molecule has 15 heavy (non-hydrogen) atoms. The topological polar surface area (TPSA) is 52.3 Å². The van der Waals surface area contributed by atoms with Gasteiger partial charge in [-0.1, -0.05) is 15.9 Å². The van der Waals surface area contributed by atoms with Crippen LogP contribution in [0.4, 0.5) is 5.69 Å². The van der Waals surface area contributed by atoms with E-state index in [0.29, 0.717) is 18.0 Å². The fourth-order valence-electron chi connectivity index (χ4n) is 0.990. The lowest BCUT2D eigenvalue weighted by molar-refractivity contribution is -0.139. The van der Waals surface area contributed by atoms with Gasteiger partial charge in [0.2, 0.25) is 0 Å². The van der Waals surface area contributed by atoms with Crippen LogP contribution in [0, 0.1) is 0 Å². The molecule has 2 N–H and O–H groups in total. The molecule has 1 aromatic rings. The summed E-state index contributed by atoms with van der Waals surface area (Å²) in [6.45, 7) is 2.20. The molecule has 0 saturated heterocycles. The largest absolute Gasteiger partial charge is 0.465 e. The average molecular weight is 290 g/mol. The van der Waals surface area contributed by atoms with Crippen LogP contribution in [-0.4, -0.2) is 18.3 Å². The van der Waals surface area contributed by atoms with Gasteiger partial charge in [-0.3, -0.25) is 4.79 Å². The molecule has 0 heterocycles. The Morgan fingerprint density at radius 3 is 2.93 bits per heavy atom. The zero-order valence-electron chi connectivity index (χ0n) is 8.33. The highest BCUT2D eigenvalue weighted by atomic mass is 79.9. The number of thioether (sulfide) groups is 1. The molecule has 0 aliphatic carbocycles. The Balaban J connectivity index is 2.54. The number of nitrogen functional groups attached to an aromatic ring is 1. The fourth-order valence-corrected chi connectivity index (χ4v) is 2.12. The van der Waals surface area contributed by atoms with Crippen LogP contribution in [0.2, 0.25) is 0 Å². The first kappa shape index (κ1) is 12.4. The first-order valence-corrected chi connectivity index (χ1v) is 6.24. The van der Waals surface area contributed by atoms with Crippen molar-refractivity contribution in [1.29, 1.82) is 0 Å². The van der Waals surface area contributed by atoms with Gasteiger partial charge in [-0.05, 0) is 25.1 Å². The van der Waals surface area contributed by atoms with Gasteiger partial charge in [-0.2, -0.15) is 0 Å². The Hall–Kier alpha value is -0.680. The number of carbonyl (C=O) groups excluding carboxylic acids is 1. The molecule has 0 fully saturated rings. The van der Waals surface area contributed by atoms with Gasteiger partial charge in [0.15, 0.2) is 0 Å². The molecular weight excluding hydrogens is 278 g/mol. The third kappa shape index (κ3) is 4.13. The predicted octanol–water partition coefficient (Wildman–Crippen LogP) is 2.69. The van der Waals surface area contributed by atoms with Crippen molar-refractivity contribution in [2.24, 2.45) is 0 Å². The van der Waals surface area contributed by atoms with Crippen LogP contribution in [-0.2, 0) is 9.53 Å². The Morgan fingerprint density at radius 2 is 2.33 bits per heavy atom. The molecule has 1 rings (SSSR count). The van der Waals surface area contributed by atoms with E-state index in [1.165, 1.54) is 11.8 Å². The fraction of sp³-hybridized carbons (Fsp3) is 0.300. The van der Waals surface area contributed by atoms with Crippen molar-refractivity contribution in [3.63, 3.8) is 0 Å². The quantitative estimate of drug-likeness (QED) is 0.526. The minimum Gasteiger partial charge on any atom is -0.465 e. The monoisotopic (exact) mass is 289 g/mol. The molecule has 0 aromatic heterocycles. The SMILES string of the molecule is CCOC(=O)CSc1ccc(Br)cc1N. The van der Waals surface area contributed by atoms with Gasteiger partial charge in [0, 0.05) is 15.1 Å². The van der Waals surface area contributed by atoms with Crippen molar-refractivity contribution < 1.29 is 9.53 Å². The third-order valence-electron chi connectivity index (χ3n) is 1.62. The molecule has 0 unspecified atom stereocenters. The molecule has 3 nitrogen and oxygen atoms in total. The van der Waals surface area contributed by atoms with Gasteiger partial charge in [0.1, 0.15) is 0 Å². The summed E-state index contributed by atoms with van der Waals surface area (Å²) >= 11 is 4.70. The highest BCUT2D eigenvalue weighted by Gasteiger charge is 2.05. The summed E-state index contributed by atoms with van der Waals surface area (Å²) in [4.78, 5) is 12.0. The molecule has 0 saturated carbocycles. The highest BCUT2D eigenvalue weighted by molar-refractivity contribution is 9.10. The van der Waals surface area contributed by atoms with Crippen LogP contribution in [0.25, 0.3) is 0 Å². The Labute approximate surface area is 101 Å². The van der Waals surface area contributed by atoms with Crippen molar-refractivity contribution in [3.05, 3.63) is 22.7 Å². The standard InChI is InChI=1S/C10H12BrNO2S/c1-2-14-10(13)6-15-9-4-3-7(11)5-8(9)12/h3-5H,2,6,12H2,1H3. The summed E-state index contributed by atoms with van der Waals surface area (Å²) in [6.07, 6.45) is 0. The van der Waals surface area contributed by atoms with E-state index in [1.54, 1.807) is 6.92 Å². The minimum atomic E-state index is -0.218. The summed E-state index contributed by atoms with van der Waals surface area (Å²) in [5.41, 5.74) is 6.44. The number of benzene rings is 1. The lowest BCUT2D eigenvalue weighted by Gasteiger charge is -2.05. The third-order valence-corrected chi connectivity index (χ3v) is 3.18. The van der Waals surface area contributed by atoms with Crippen molar-refractivity contribution in [1.82, 2.24) is 0 Å². The van der Waals surface area contributed by atoms with Crippen LogP contribution in [0.1, 0.15) is 6.92 Å². The average Bonchev–Trinajstić information content (AvgIpc) is 2.17. The van der Waals surface area contributed by atoms with E-state index in [1.807, 2.05) is 18.2 Å². The summed E-state index contributed by atoms with van der Waals surface area (Å²) in [5.74, 6) is 0.0736. The molecule has 0 aliphatic rings. The number of ether oxygens (including phenoxy) is 1. The number of halogens is 1. The molecule has 0 bridgehead atoms. The molecular formula is C10H12BrNO2S. The second kappa shape index (κ2) is 6.02. The number of hydrogen-bond acceptors (Lipinski definition) is 4. The number of carbonyl (C=O) groups is 1. The first-order valence-electron chi connectivity index (χ1n) is 4.47. The number of hydrogen-bond donors (Lipinski definition) is 1. The second-order valence-electron chi connectivity index (χ2n) is 2.78. The van der Waals surface area contributed by atoms with Gasteiger partial charge in [0.05, 0.1) is 12.4 Å². The molecule has 0 amide bonds. The van der Waals surface area contributed by atoms with Gasteiger partial charge in [-0.15, -0.1) is 11.8 Å². The maximum absolute atomic E-state index is 11.1. The second-order valence-corrected chi connectivity index (χ2v) is 4.71. The summed E-state index contributed by atoms with van der Waals surface area (Å²) in [7, 11) is 0. The van der Waals surface area contributed by atoms with E-state index in [2.05, 4.69) is 15.9 Å². The van der Waals surface area contributed by atoms with Crippen LogP contribution < -0.4 is 5.73 Å². The smallest absolute Gasteiger partial charge is 0.316 e. The van der Waals surface area contributed by atoms with E-state index in [9.17, 15) is 4.79 Å². The van der Waals surface area contributed by atoms with Gasteiger partial charge >= 0.3 is 5.97 Å². The van der Waals surface area contributed by atoms with Crippen LogP contribution >= 0.6 is 27.7 Å². The lowest BCUT2D eigenvalue weighted by atomic mass is 10.3. The molecule has 0 radical (unpaired) electrons. The first-order chi connectivity index (χ1) is 7.13. The van der Waals surface area contributed by atoms with Gasteiger partial charge in [0.25, 0.3) is 0 Å². The Morgan fingerprint density at radius 1 is 1.60 bits per heavy atom. The number of nitrogens with two attached hydrogens (primary N) is 1. The van der Waals surface area contributed by atoms with Gasteiger partial charge < -0.3 is 10.5 Å².